The van der Waals surface area contributed by atoms with Crippen LogP contribution in [0.25, 0.3) is 28.0 Å². The van der Waals surface area contributed by atoms with Gasteiger partial charge >= 0.3 is 0 Å². The number of rotatable bonds is 9. The summed E-state index contributed by atoms with van der Waals surface area (Å²) in [4.78, 5) is 3.59. The lowest BCUT2D eigenvalue weighted by Crippen LogP contribution is -2.47. The van der Waals surface area contributed by atoms with Gasteiger partial charge in [-0.1, -0.05) is 140 Å². The van der Waals surface area contributed by atoms with Gasteiger partial charge in [-0.3, -0.25) is 0 Å². The summed E-state index contributed by atoms with van der Waals surface area (Å²) in [7, 11) is 1.75. The molecule has 11 rings (SSSR count). The fraction of sp³-hybridized carbons (Fsp3) is 0.500. The SMILES string of the molecule is CCCN(CC)c1ccc(C2(c3ccc(OC)cc3)C=Cc3c4c(c5cc6c(cc5c3O2)OC(C2CCCCC2)(C2CCCCC2)S6)-c2ccccc2C42CC(C)(C)CC(C)(C)C2)cc1. The zero-order valence-electron chi connectivity index (χ0n) is 40.3. The molecule has 340 valence electrons. The van der Waals surface area contributed by atoms with Gasteiger partial charge in [-0.15, -0.1) is 0 Å². The highest BCUT2D eigenvalue weighted by Gasteiger charge is 2.57. The van der Waals surface area contributed by atoms with Crippen LogP contribution in [0.1, 0.15) is 159 Å². The second-order valence-electron chi connectivity index (χ2n) is 22.4. The minimum atomic E-state index is -0.882. The highest BCUT2D eigenvalue weighted by Crippen LogP contribution is 2.68. The Morgan fingerprint density at radius 2 is 1.34 bits per heavy atom. The van der Waals surface area contributed by atoms with E-state index in [0.29, 0.717) is 11.8 Å². The molecular formula is C60H71NO3S. The Morgan fingerprint density at radius 3 is 1.95 bits per heavy atom. The van der Waals surface area contributed by atoms with Crippen LogP contribution >= 0.6 is 11.8 Å². The average molecular weight is 886 g/mol. The Kier molecular flexibility index (Phi) is 10.8. The van der Waals surface area contributed by atoms with E-state index in [1.54, 1.807) is 7.11 Å². The van der Waals surface area contributed by atoms with Crippen molar-refractivity contribution in [3.63, 3.8) is 0 Å². The molecule has 1 spiro atoms. The summed E-state index contributed by atoms with van der Waals surface area (Å²) in [5, 5.41) is 2.48. The molecule has 0 radical (unpaired) electrons. The van der Waals surface area contributed by atoms with Crippen molar-refractivity contribution < 1.29 is 14.2 Å². The summed E-state index contributed by atoms with van der Waals surface area (Å²) < 4.78 is 21.5. The number of hydrogen-bond acceptors (Lipinski definition) is 5. The number of ether oxygens (including phenoxy) is 3. The standard InChI is InChI=1S/C60H71NO3S/c1-8-34-61(9-2)44-28-24-40(25-29-44)59(41-26-30-45(62-7)31-27-41)33-32-47-54-53(46-22-16-17-23-50(46)58(54)38-56(3,4)37-57(5,6)39-58)48-36-52-51(35-49(48)55(47)64-59)63-60(65-52,42-18-12-10-13-19-42)43-20-14-11-15-21-43/h16-17,22-33,35-36,42-43H,8-15,18-21,34,37-39H2,1-7H3. The van der Waals surface area contributed by atoms with Crippen molar-refractivity contribution in [1.29, 1.82) is 0 Å². The fourth-order valence-corrected chi connectivity index (χ4v) is 16.5. The van der Waals surface area contributed by atoms with Crippen LogP contribution in [0.2, 0.25) is 0 Å². The molecule has 0 amide bonds. The predicted octanol–water partition coefficient (Wildman–Crippen LogP) is 16.3. The van der Waals surface area contributed by atoms with E-state index < -0.39 is 5.60 Å². The highest BCUT2D eigenvalue weighted by molar-refractivity contribution is 8.01. The molecule has 1 atom stereocenters. The maximum absolute atomic E-state index is 8.06. The average Bonchev–Trinajstić information content (AvgIpc) is 3.83. The lowest BCUT2D eigenvalue weighted by Gasteiger charge is -2.52. The van der Waals surface area contributed by atoms with E-state index in [2.05, 4.69) is 155 Å². The molecule has 3 saturated carbocycles. The molecule has 0 bridgehead atoms. The minimum absolute atomic E-state index is 0.150. The lowest BCUT2D eigenvalue weighted by atomic mass is 9.52. The molecule has 6 aliphatic rings. The molecule has 5 aromatic rings. The van der Waals surface area contributed by atoms with Gasteiger partial charge in [-0.05, 0) is 139 Å². The number of fused-ring (bicyclic) bond motifs is 11. The fourth-order valence-electron chi connectivity index (χ4n) is 14.8. The number of benzene rings is 5. The van der Waals surface area contributed by atoms with Crippen molar-refractivity contribution in [2.75, 3.05) is 25.1 Å². The maximum atomic E-state index is 8.06. The van der Waals surface area contributed by atoms with E-state index in [1.165, 1.54) is 120 Å². The summed E-state index contributed by atoms with van der Waals surface area (Å²) in [6, 6.07) is 32.3. The van der Waals surface area contributed by atoms with Gasteiger partial charge < -0.3 is 19.1 Å². The Bertz CT molecular complexity index is 2590. The van der Waals surface area contributed by atoms with E-state index >= 15 is 0 Å². The number of anilines is 1. The molecule has 4 nitrogen and oxygen atoms in total. The molecule has 5 aromatic carbocycles. The Hall–Kier alpha value is -4.35. The second kappa shape index (κ2) is 16.2. The molecule has 0 saturated heterocycles. The molecule has 0 aromatic heterocycles. The Labute approximate surface area is 393 Å². The van der Waals surface area contributed by atoms with Crippen molar-refractivity contribution in [3.05, 3.63) is 119 Å². The molecule has 2 heterocycles. The second-order valence-corrected chi connectivity index (χ2v) is 23.7. The van der Waals surface area contributed by atoms with E-state index in [0.717, 1.165) is 60.7 Å². The van der Waals surface area contributed by atoms with Gasteiger partial charge in [0.05, 0.1) is 12.0 Å². The van der Waals surface area contributed by atoms with Crippen LogP contribution in [0.4, 0.5) is 5.69 Å². The first-order valence-electron chi connectivity index (χ1n) is 25.5. The first kappa shape index (κ1) is 43.2. The van der Waals surface area contributed by atoms with Gasteiger partial charge in [-0.25, -0.2) is 0 Å². The molecule has 65 heavy (non-hydrogen) atoms. The number of hydrogen-bond donors (Lipinski definition) is 0. The van der Waals surface area contributed by atoms with Crippen LogP contribution in [-0.2, 0) is 11.0 Å². The third kappa shape index (κ3) is 6.97. The third-order valence-electron chi connectivity index (χ3n) is 16.8. The summed E-state index contributed by atoms with van der Waals surface area (Å²) in [5.74, 6) is 4.03. The summed E-state index contributed by atoms with van der Waals surface area (Å²) in [6.45, 7) is 16.6. The molecule has 1 unspecified atom stereocenters. The first-order chi connectivity index (χ1) is 31.4. The Morgan fingerprint density at radius 1 is 0.708 bits per heavy atom. The highest BCUT2D eigenvalue weighted by atomic mass is 32.2. The van der Waals surface area contributed by atoms with Crippen molar-refractivity contribution in [3.8, 4) is 28.4 Å². The number of thioether (sulfide) groups is 1. The van der Waals surface area contributed by atoms with Crippen molar-refractivity contribution in [2.45, 2.75) is 152 Å². The van der Waals surface area contributed by atoms with Crippen molar-refractivity contribution in [2.24, 2.45) is 22.7 Å². The van der Waals surface area contributed by atoms with Crippen LogP contribution in [0.3, 0.4) is 0 Å². The summed E-state index contributed by atoms with van der Waals surface area (Å²) in [5.41, 5.74) is 9.75. The largest absolute Gasteiger partial charge is 0.497 e. The molecular weight excluding hydrogens is 815 g/mol. The normalized spacial score (nSPS) is 23.6. The number of methoxy groups -OCH3 is 1. The summed E-state index contributed by atoms with van der Waals surface area (Å²) >= 11 is 2.12. The van der Waals surface area contributed by atoms with E-state index in [1.807, 2.05) is 0 Å². The predicted molar refractivity (Wildman–Crippen MR) is 272 cm³/mol. The zero-order valence-corrected chi connectivity index (χ0v) is 41.1. The van der Waals surface area contributed by atoms with Gasteiger partial charge in [0.25, 0.3) is 0 Å². The van der Waals surface area contributed by atoms with Crippen LogP contribution < -0.4 is 19.1 Å². The summed E-state index contributed by atoms with van der Waals surface area (Å²) in [6.07, 6.45) is 22.4. The van der Waals surface area contributed by atoms with Gasteiger partial charge in [0.15, 0.2) is 10.5 Å². The zero-order chi connectivity index (χ0) is 44.8. The molecule has 4 aliphatic carbocycles. The third-order valence-corrected chi connectivity index (χ3v) is 18.4. The minimum Gasteiger partial charge on any atom is -0.497 e. The van der Waals surface area contributed by atoms with Crippen molar-refractivity contribution >= 4 is 34.3 Å². The smallest absolute Gasteiger partial charge is 0.178 e. The first-order valence-corrected chi connectivity index (χ1v) is 26.3. The van der Waals surface area contributed by atoms with Crippen molar-refractivity contribution in [1.82, 2.24) is 0 Å². The van der Waals surface area contributed by atoms with E-state index in [4.69, 9.17) is 14.2 Å². The van der Waals surface area contributed by atoms with Crippen LogP contribution in [0.5, 0.6) is 17.2 Å². The van der Waals surface area contributed by atoms with Crippen LogP contribution in [-0.4, -0.2) is 25.1 Å². The molecule has 3 fully saturated rings. The van der Waals surface area contributed by atoms with Crippen LogP contribution in [0, 0.1) is 22.7 Å². The molecule has 5 heteroatoms. The topological polar surface area (TPSA) is 30.9 Å². The van der Waals surface area contributed by atoms with E-state index in [-0.39, 0.29) is 21.2 Å². The lowest BCUT2D eigenvalue weighted by molar-refractivity contribution is 0.0132. The van der Waals surface area contributed by atoms with Gasteiger partial charge in [0, 0.05) is 58.1 Å². The molecule has 0 N–H and O–H groups in total. The van der Waals surface area contributed by atoms with Gasteiger partial charge in [0.2, 0.25) is 0 Å². The number of nitrogens with zero attached hydrogens (tertiary/aromatic N) is 1. The quantitative estimate of drug-likeness (QED) is 0.147. The molecule has 2 aliphatic heterocycles. The Balaban J connectivity index is 1.17. The van der Waals surface area contributed by atoms with E-state index in [9.17, 15) is 0 Å². The monoisotopic (exact) mass is 886 g/mol. The van der Waals surface area contributed by atoms with Gasteiger partial charge in [-0.2, -0.15) is 0 Å². The van der Waals surface area contributed by atoms with Gasteiger partial charge in [0.1, 0.15) is 17.2 Å². The van der Waals surface area contributed by atoms with Crippen LogP contribution in [0.15, 0.2) is 95.9 Å². The maximum Gasteiger partial charge on any atom is 0.178 e.